The van der Waals surface area contributed by atoms with Gasteiger partial charge in [-0.25, -0.2) is 0 Å². The van der Waals surface area contributed by atoms with Crippen molar-refractivity contribution >= 4 is 23.1 Å². The zero-order chi connectivity index (χ0) is 11.3. The highest BCUT2D eigenvalue weighted by Gasteiger charge is 2.46. The molecule has 16 heavy (non-hydrogen) atoms. The number of anilines is 1. The summed E-state index contributed by atoms with van der Waals surface area (Å²) in [6, 6.07) is 6.21. The summed E-state index contributed by atoms with van der Waals surface area (Å²) in [6.45, 7) is 2.24. The molecule has 3 rings (SSSR count). The monoisotopic (exact) mass is 235 g/mol. The molecule has 2 aliphatic rings. The van der Waals surface area contributed by atoms with Gasteiger partial charge in [-0.15, -0.1) is 0 Å². The first-order valence-corrected chi connectivity index (χ1v) is 6.06. The first kappa shape index (κ1) is 10.2. The Labute approximate surface area is 100.0 Å². The summed E-state index contributed by atoms with van der Waals surface area (Å²) in [7, 11) is 0. The Bertz CT molecular complexity index is 471. The molecule has 1 fully saturated rings. The van der Waals surface area contributed by atoms with E-state index in [2.05, 4.69) is 12.2 Å². The number of benzene rings is 1. The molecular weight excluding hydrogens is 222 g/mol. The molecule has 1 saturated carbocycles. The van der Waals surface area contributed by atoms with E-state index in [4.69, 9.17) is 11.6 Å². The van der Waals surface area contributed by atoms with E-state index in [0.717, 1.165) is 17.1 Å². The molecule has 0 radical (unpaired) electrons. The average Bonchev–Trinajstić information content (AvgIpc) is 2.52. The van der Waals surface area contributed by atoms with Crippen LogP contribution in [-0.2, 0) is 10.2 Å². The van der Waals surface area contributed by atoms with Crippen LogP contribution in [0.15, 0.2) is 18.2 Å². The van der Waals surface area contributed by atoms with E-state index < -0.39 is 0 Å². The summed E-state index contributed by atoms with van der Waals surface area (Å²) >= 11 is 6.05. The summed E-state index contributed by atoms with van der Waals surface area (Å²) in [5, 5.41) is 4.23. The van der Waals surface area contributed by atoms with Gasteiger partial charge >= 0.3 is 0 Å². The molecule has 1 heterocycles. The van der Waals surface area contributed by atoms with Crippen molar-refractivity contribution in [2.75, 3.05) is 5.32 Å². The Balaban J connectivity index is 2.09. The standard InChI is InChI=1S/C13H14ClNO/c1-13-5-4-9(16)7-12(13)15-11-3-2-8(14)6-10(11)13/h2-3,6,12,15H,4-5,7H2,1H3/t12-,13-/m0/s1. The van der Waals surface area contributed by atoms with Crippen LogP contribution in [0.5, 0.6) is 0 Å². The van der Waals surface area contributed by atoms with Crippen LogP contribution >= 0.6 is 11.6 Å². The first-order valence-electron chi connectivity index (χ1n) is 5.68. The van der Waals surface area contributed by atoms with Crippen molar-refractivity contribution < 1.29 is 4.79 Å². The number of hydrogen-bond acceptors (Lipinski definition) is 2. The highest BCUT2D eigenvalue weighted by Crippen LogP contribution is 2.48. The quantitative estimate of drug-likeness (QED) is 0.749. The predicted molar refractivity (Wildman–Crippen MR) is 65.1 cm³/mol. The highest BCUT2D eigenvalue weighted by molar-refractivity contribution is 6.30. The Morgan fingerprint density at radius 3 is 3.12 bits per heavy atom. The van der Waals surface area contributed by atoms with Crippen LogP contribution in [0.2, 0.25) is 5.02 Å². The van der Waals surface area contributed by atoms with Crippen molar-refractivity contribution in [3.8, 4) is 0 Å². The molecular formula is C13H14ClNO. The SMILES string of the molecule is C[C@@]12CCC(=O)C[C@@H]1Nc1ccc(Cl)cc12. The van der Waals surface area contributed by atoms with Gasteiger partial charge in [0.1, 0.15) is 5.78 Å². The third kappa shape index (κ3) is 1.29. The fourth-order valence-electron chi connectivity index (χ4n) is 2.96. The molecule has 0 saturated heterocycles. The summed E-state index contributed by atoms with van der Waals surface area (Å²) < 4.78 is 0. The molecule has 1 aromatic carbocycles. The molecule has 2 nitrogen and oxygen atoms in total. The number of carbonyl (C=O) groups excluding carboxylic acids is 1. The minimum absolute atomic E-state index is 0.0775. The summed E-state index contributed by atoms with van der Waals surface area (Å²) in [5.74, 6) is 0.369. The minimum Gasteiger partial charge on any atom is -0.381 e. The van der Waals surface area contributed by atoms with Gasteiger partial charge in [0.15, 0.2) is 0 Å². The fourth-order valence-corrected chi connectivity index (χ4v) is 3.14. The number of hydrogen-bond donors (Lipinski definition) is 1. The third-order valence-corrected chi connectivity index (χ3v) is 4.29. The summed E-state index contributed by atoms with van der Waals surface area (Å²) in [4.78, 5) is 11.5. The van der Waals surface area contributed by atoms with Crippen LogP contribution in [-0.4, -0.2) is 11.8 Å². The van der Waals surface area contributed by atoms with Crippen LogP contribution in [0.3, 0.4) is 0 Å². The van der Waals surface area contributed by atoms with Crippen LogP contribution in [0.25, 0.3) is 0 Å². The van der Waals surface area contributed by atoms with Gasteiger partial charge in [0.05, 0.1) is 0 Å². The number of fused-ring (bicyclic) bond motifs is 3. The van der Waals surface area contributed by atoms with Crippen LogP contribution < -0.4 is 5.32 Å². The van der Waals surface area contributed by atoms with Gasteiger partial charge in [-0.2, -0.15) is 0 Å². The number of ketones is 1. The Hall–Kier alpha value is -1.02. The maximum Gasteiger partial charge on any atom is 0.135 e. The normalized spacial score (nSPS) is 31.9. The van der Waals surface area contributed by atoms with E-state index in [0.29, 0.717) is 18.6 Å². The number of Topliss-reactive ketones (excluding diaryl/α,β-unsaturated/α-hetero) is 1. The molecule has 3 heteroatoms. The van der Waals surface area contributed by atoms with Crippen molar-refractivity contribution in [3.05, 3.63) is 28.8 Å². The van der Waals surface area contributed by atoms with Gasteiger partial charge in [0, 0.05) is 35.0 Å². The Morgan fingerprint density at radius 2 is 2.31 bits per heavy atom. The lowest BCUT2D eigenvalue weighted by molar-refractivity contribution is -0.121. The lowest BCUT2D eigenvalue weighted by atomic mass is 9.69. The Kier molecular flexibility index (Phi) is 2.05. The van der Waals surface area contributed by atoms with E-state index in [1.54, 1.807) is 0 Å². The molecule has 1 aliphatic carbocycles. The Morgan fingerprint density at radius 1 is 1.50 bits per heavy atom. The topological polar surface area (TPSA) is 29.1 Å². The van der Waals surface area contributed by atoms with Gasteiger partial charge in [0.25, 0.3) is 0 Å². The number of halogens is 1. The molecule has 0 bridgehead atoms. The largest absolute Gasteiger partial charge is 0.381 e. The van der Waals surface area contributed by atoms with Gasteiger partial charge in [-0.3, -0.25) is 4.79 Å². The minimum atomic E-state index is 0.0775. The maximum atomic E-state index is 11.5. The van der Waals surface area contributed by atoms with Crippen LogP contribution in [0.4, 0.5) is 5.69 Å². The molecule has 0 aromatic heterocycles. The summed E-state index contributed by atoms with van der Waals surface area (Å²) in [6.07, 6.45) is 2.26. The first-order chi connectivity index (χ1) is 7.59. The molecule has 0 spiro atoms. The van der Waals surface area contributed by atoms with E-state index >= 15 is 0 Å². The molecule has 1 aliphatic heterocycles. The van der Waals surface area contributed by atoms with Crippen LogP contribution in [0.1, 0.15) is 31.7 Å². The molecule has 0 amide bonds. The number of carbonyl (C=O) groups is 1. The molecule has 2 atom stereocenters. The lowest BCUT2D eigenvalue weighted by Crippen LogP contribution is -2.42. The van der Waals surface area contributed by atoms with Gasteiger partial charge < -0.3 is 5.32 Å². The van der Waals surface area contributed by atoms with E-state index in [1.165, 1.54) is 5.56 Å². The predicted octanol–water partition coefficient (Wildman–Crippen LogP) is 3.14. The molecule has 1 aromatic rings. The smallest absolute Gasteiger partial charge is 0.135 e. The van der Waals surface area contributed by atoms with E-state index in [9.17, 15) is 4.79 Å². The lowest BCUT2D eigenvalue weighted by Gasteiger charge is -2.35. The zero-order valence-electron chi connectivity index (χ0n) is 9.22. The highest BCUT2D eigenvalue weighted by atomic mass is 35.5. The van der Waals surface area contributed by atoms with Crippen LogP contribution in [0, 0.1) is 0 Å². The van der Waals surface area contributed by atoms with E-state index in [1.807, 2.05) is 18.2 Å². The van der Waals surface area contributed by atoms with Crippen molar-refractivity contribution in [2.24, 2.45) is 0 Å². The van der Waals surface area contributed by atoms with Gasteiger partial charge in [-0.1, -0.05) is 18.5 Å². The van der Waals surface area contributed by atoms with Crippen molar-refractivity contribution in [1.29, 1.82) is 0 Å². The fraction of sp³-hybridized carbons (Fsp3) is 0.462. The molecule has 0 unspecified atom stereocenters. The third-order valence-electron chi connectivity index (χ3n) is 4.05. The van der Waals surface area contributed by atoms with E-state index in [-0.39, 0.29) is 11.5 Å². The van der Waals surface area contributed by atoms with Crippen molar-refractivity contribution in [1.82, 2.24) is 0 Å². The molecule has 1 N–H and O–H groups in total. The van der Waals surface area contributed by atoms with Crippen molar-refractivity contribution in [3.63, 3.8) is 0 Å². The number of rotatable bonds is 0. The van der Waals surface area contributed by atoms with Gasteiger partial charge in [0.2, 0.25) is 0 Å². The maximum absolute atomic E-state index is 11.5. The second kappa shape index (κ2) is 3.24. The zero-order valence-corrected chi connectivity index (χ0v) is 9.97. The van der Waals surface area contributed by atoms with Crippen molar-refractivity contribution in [2.45, 2.75) is 37.6 Å². The second-order valence-corrected chi connectivity index (χ2v) is 5.48. The van der Waals surface area contributed by atoms with Gasteiger partial charge in [-0.05, 0) is 30.2 Å². The average molecular weight is 236 g/mol. The second-order valence-electron chi connectivity index (χ2n) is 5.05. The molecule has 84 valence electrons. The number of nitrogens with one attached hydrogen (secondary N) is 1. The summed E-state index contributed by atoms with van der Waals surface area (Å²) in [5.41, 5.74) is 2.50.